The fraction of sp³-hybridized carbons (Fsp3) is 0.846. The Hall–Kier alpha value is -0.840. The maximum Gasteiger partial charge on any atom is 0.328 e. The number of ether oxygens (including phenoxy) is 1. The molecule has 0 aliphatic heterocycles. The molecule has 0 saturated heterocycles. The van der Waals surface area contributed by atoms with Crippen LogP contribution in [0, 0.1) is 5.92 Å². The van der Waals surface area contributed by atoms with Crippen molar-refractivity contribution in [1.29, 1.82) is 0 Å². The Balaban J connectivity index is 2.42. The largest absolute Gasteiger partial charge is 0.467 e. The van der Waals surface area contributed by atoms with Crippen LogP contribution < -0.4 is 10.6 Å². The van der Waals surface area contributed by atoms with Gasteiger partial charge < -0.3 is 15.4 Å². The van der Waals surface area contributed by atoms with Gasteiger partial charge in [-0.2, -0.15) is 0 Å². The van der Waals surface area contributed by atoms with Gasteiger partial charge in [0.05, 0.1) is 7.11 Å². The summed E-state index contributed by atoms with van der Waals surface area (Å²) in [6, 6.07) is 0.0720. The Morgan fingerprint density at radius 3 is 2.39 bits per heavy atom. The molecule has 0 aromatic rings. The lowest BCUT2D eigenvalue weighted by Gasteiger charge is -2.27. The molecule has 1 fully saturated rings. The normalized spacial score (nSPS) is 18.2. The van der Waals surface area contributed by atoms with Gasteiger partial charge in [-0.3, -0.25) is 0 Å². The van der Waals surface area contributed by atoms with Crippen molar-refractivity contribution >= 4 is 23.3 Å². The highest BCUT2D eigenvalue weighted by Gasteiger charge is 2.24. The van der Waals surface area contributed by atoms with Gasteiger partial charge in [-0.05, 0) is 31.0 Å². The first kappa shape index (κ1) is 15.2. The van der Waals surface area contributed by atoms with Crippen LogP contribution in [0.3, 0.4) is 0 Å². The molecule has 1 aliphatic carbocycles. The van der Waals surface area contributed by atoms with Crippen molar-refractivity contribution in [1.82, 2.24) is 10.6 Å². The molecule has 0 amide bonds. The van der Waals surface area contributed by atoms with Crippen LogP contribution in [-0.2, 0) is 9.53 Å². The molecule has 0 spiro atoms. The molecule has 2 N–H and O–H groups in total. The summed E-state index contributed by atoms with van der Waals surface area (Å²) in [4.78, 5) is 11.6. The molecule has 4 nitrogen and oxygen atoms in total. The smallest absolute Gasteiger partial charge is 0.328 e. The van der Waals surface area contributed by atoms with Gasteiger partial charge >= 0.3 is 5.97 Å². The van der Waals surface area contributed by atoms with Crippen LogP contribution >= 0.6 is 12.2 Å². The summed E-state index contributed by atoms with van der Waals surface area (Å²) >= 11 is 5.27. The molecule has 1 unspecified atom stereocenters. The molecule has 1 atom stereocenters. The number of nitrogens with one attached hydrogen (secondary N) is 2. The summed E-state index contributed by atoms with van der Waals surface area (Å²) in [7, 11) is 1.40. The van der Waals surface area contributed by atoms with Gasteiger partial charge in [0.1, 0.15) is 6.04 Å². The molecule has 0 heterocycles. The Morgan fingerprint density at radius 2 is 1.89 bits per heavy atom. The molecule has 0 radical (unpaired) electrons. The summed E-state index contributed by atoms with van der Waals surface area (Å²) in [5.74, 6) is -0.124. The number of esters is 1. The van der Waals surface area contributed by atoms with E-state index in [2.05, 4.69) is 10.6 Å². The fourth-order valence-electron chi connectivity index (χ4n) is 2.24. The Kier molecular flexibility index (Phi) is 6.39. The molecule has 1 aliphatic rings. The number of carbonyl (C=O) groups is 1. The topological polar surface area (TPSA) is 50.4 Å². The third-order valence-corrected chi connectivity index (χ3v) is 3.58. The quantitative estimate of drug-likeness (QED) is 0.605. The Bertz CT molecular complexity index is 289. The predicted octanol–water partition coefficient (Wildman–Crippen LogP) is 1.98. The first-order valence-electron chi connectivity index (χ1n) is 6.69. The monoisotopic (exact) mass is 272 g/mol. The fourth-order valence-corrected chi connectivity index (χ4v) is 2.53. The highest BCUT2D eigenvalue weighted by molar-refractivity contribution is 7.80. The zero-order chi connectivity index (χ0) is 13.5. The van der Waals surface area contributed by atoms with Crippen molar-refractivity contribution in [3.8, 4) is 0 Å². The maximum absolute atomic E-state index is 11.6. The number of hydrogen-bond donors (Lipinski definition) is 2. The van der Waals surface area contributed by atoms with Crippen LogP contribution in [0.2, 0.25) is 0 Å². The van der Waals surface area contributed by atoms with Crippen LogP contribution in [0.1, 0.15) is 46.0 Å². The Morgan fingerprint density at radius 1 is 1.28 bits per heavy atom. The Labute approximate surface area is 115 Å². The minimum Gasteiger partial charge on any atom is -0.467 e. The van der Waals surface area contributed by atoms with Crippen molar-refractivity contribution in [2.45, 2.75) is 58.0 Å². The lowest BCUT2D eigenvalue weighted by Crippen LogP contribution is -2.51. The molecule has 104 valence electrons. The standard InChI is InChI=1S/C13H24N2O2S/c1-9(2)11(12(16)17-3)15-13(18)14-10-7-5-4-6-8-10/h9-11H,4-8H2,1-3H3,(H2,14,15,18). The molecule has 18 heavy (non-hydrogen) atoms. The first-order chi connectivity index (χ1) is 8.54. The van der Waals surface area contributed by atoms with Crippen molar-refractivity contribution in [2.24, 2.45) is 5.92 Å². The van der Waals surface area contributed by atoms with E-state index in [1.54, 1.807) is 0 Å². The highest BCUT2D eigenvalue weighted by atomic mass is 32.1. The van der Waals surface area contributed by atoms with Gasteiger partial charge in [-0.15, -0.1) is 0 Å². The summed E-state index contributed by atoms with van der Waals surface area (Å²) < 4.78 is 4.78. The van der Waals surface area contributed by atoms with E-state index < -0.39 is 0 Å². The second-order valence-corrected chi connectivity index (χ2v) is 5.61. The molecular weight excluding hydrogens is 248 g/mol. The van der Waals surface area contributed by atoms with Crippen LogP contribution in [0.25, 0.3) is 0 Å². The highest BCUT2D eigenvalue weighted by Crippen LogP contribution is 2.17. The molecule has 0 aromatic carbocycles. The number of thiocarbonyl (C=S) groups is 1. The molecule has 0 aromatic heterocycles. The molecule has 1 saturated carbocycles. The summed E-state index contributed by atoms with van der Waals surface area (Å²) in [6.45, 7) is 3.94. The lowest BCUT2D eigenvalue weighted by atomic mass is 9.96. The molecular formula is C13H24N2O2S. The van der Waals surface area contributed by atoms with E-state index in [0.717, 1.165) is 12.8 Å². The van der Waals surface area contributed by atoms with Crippen LogP contribution in [0.15, 0.2) is 0 Å². The van der Waals surface area contributed by atoms with E-state index >= 15 is 0 Å². The van der Waals surface area contributed by atoms with Crippen molar-refractivity contribution < 1.29 is 9.53 Å². The third-order valence-electron chi connectivity index (χ3n) is 3.35. The second-order valence-electron chi connectivity index (χ2n) is 5.20. The number of rotatable bonds is 4. The zero-order valence-corrected chi connectivity index (χ0v) is 12.3. The number of methoxy groups -OCH3 is 1. The van der Waals surface area contributed by atoms with E-state index in [4.69, 9.17) is 17.0 Å². The van der Waals surface area contributed by atoms with E-state index in [-0.39, 0.29) is 17.9 Å². The molecule has 1 rings (SSSR count). The average molecular weight is 272 g/mol. The van der Waals surface area contributed by atoms with E-state index in [0.29, 0.717) is 11.2 Å². The minimum atomic E-state index is -0.376. The summed E-state index contributed by atoms with van der Waals surface area (Å²) in [5, 5.41) is 6.92. The van der Waals surface area contributed by atoms with Gasteiger partial charge in [0.25, 0.3) is 0 Å². The van der Waals surface area contributed by atoms with Crippen molar-refractivity contribution in [3.63, 3.8) is 0 Å². The van der Waals surface area contributed by atoms with E-state index in [9.17, 15) is 4.79 Å². The maximum atomic E-state index is 11.6. The van der Waals surface area contributed by atoms with Gasteiger partial charge in [0.2, 0.25) is 0 Å². The zero-order valence-electron chi connectivity index (χ0n) is 11.5. The first-order valence-corrected chi connectivity index (χ1v) is 7.10. The number of carbonyl (C=O) groups excluding carboxylic acids is 1. The second kappa shape index (κ2) is 7.56. The van der Waals surface area contributed by atoms with E-state index in [1.165, 1.54) is 26.4 Å². The van der Waals surface area contributed by atoms with Gasteiger partial charge in [0.15, 0.2) is 5.11 Å². The van der Waals surface area contributed by atoms with Crippen LogP contribution in [0.5, 0.6) is 0 Å². The summed E-state index contributed by atoms with van der Waals surface area (Å²) in [5.41, 5.74) is 0. The molecule has 0 bridgehead atoms. The molecule has 5 heteroatoms. The SMILES string of the molecule is COC(=O)C(NC(=S)NC1CCCCC1)C(C)C. The van der Waals surface area contributed by atoms with Gasteiger partial charge in [-0.25, -0.2) is 4.79 Å². The van der Waals surface area contributed by atoms with Crippen molar-refractivity contribution in [2.75, 3.05) is 7.11 Å². The van der Waals surface area contributed by atoms with Gasteiger partial charge in [-0.1, -0.05) is 33.1 Å². The predicted molar refractivity (Wildman–Crippen MR) is 76.4 cm³/mol. The average Bonchev–Trinajstić information content (AvgIpc) is 2.36. The lowest BCUT2D eigenvalue weighted by molar-refractivity contribution is -0.143. The van der Waals surface area contributed by atoms with Gasteiger partial charge in [0, 0.05) is 6.04 Å². The third kappa shape index (κ3) is 4.80. The van der Waals surface area contributed by atoms with E-state index in [1.807, 2.05) is 13.8 Å². The minimum absolute atomic E-state index is 0.142. The van der Waals surface area contributed by atoms with Crippen LogP contribution in [0.4, 0.5) is 0 Å². The number of hydrogen-bond acceptors (Lipinski definition) is 3. The van der Waals surface area contributed by atoms with Crippen molar-refractivity contribution in [3.05, 3.63) is 0 Å². The van der Waals surface area contributed by atoms with Crippen LogP contribution in [-0.4, -0.2) is 30.3 Å². The summed E-state index contributed by atoms with van der Waals surface area (Å²) in [6.07, 6.45) is 6.14.